The number of aryl methyl sites for hydroxylation is 1. The summed E-state index contributed by atoms with van der Waals surface area (Å²) in [5.41, 5.74) is 1.93. The Bertz CT molecular complexity index is 664. The van der Waals surface area contributed by atoms with Gasteiger partial charge in [-0.3, -0.25) is 4.79 Å². The van der Waals surface area contributed by atoms with Gasteiger partial charge in [0.1, 0.15) is 5.75 Å². The molecule has 1 aromatic carbocycles. The van der Waals surface area contributed by atoms with Crippen LogP contribution in [0.3, 0.4) is 0 Å². The molecule has 4 saturated carbocycles. The number of carbonyl (C=O) groups excluding carboxylic acids is 1. The maximum absolute atomic E-state index is 13.0. The van der Waals surface area contributed by atoms with Crippen molar-refractivity contribution in [1.82, 2.24) is 5.32 Å². The zero-order valence-electron chi connectivity index (χ0n) is 15.4. The summed E-state index contributed by atoms with van der Waals surface area (Å²) in [7, 11) is 1.63. The Kier molecular flexibility index (Phi) is 4.38. The number of benzene rings is 1. The van der Waals surface area contributed by atoms with Gasteiger partial charge in [0, 0.05) is 10.5 Å². The van der Waals surface area contributed by atoms with E-state index in [1.165, 1.54) is 38.5 Å². The van der Waals surface area contributed by atoms with E-state index in [0.29, 0.717) is 16.7 Å². The standard InChI is InChI=1S/C21H28BrNO2/c1-12-4-17(22)8-18(19(12)25-3)20(24)23-13(2)21-9-14-5-15(10-21)7-16(6-14)11-21/h4,8,13-16H,5-7,9-11H2,1-3H3,(H,23,24)/t13-,14?,15?,16?,21?/m0/s1. The van der Waals surface area contributed by atoms with Gasteiger partial charge in [0.05, 0.1) is 12.7 Å². The fraction of sp³-hybridized carbons (Fsp3) is 0.667. The van der Waals surface area contributed by atoms with E-state index in [0.717, 1.165) is 27.8 Å². The molecule has 4 bridgehead atoms. The zero-order chi connectivity index (χ0) is 17.8. The van der Waals surface area contributed by atoms with Crippen LogP contribution in [0.2, 0.25) is 0 Å². The van der Waals surface area contributed by atoms with Crippen LogP contribution in [0.4, 0.5) is 0 Å². The van der Waals surface area contributed by atoms with Crippen LogP contribution < -0.4 is 10.1 Å². The highest BCUT2D eigenvalue weighted by atomic mass is 79.9. The summed E-state index contributed by atoms with van der Waals surface area (Å²) in [6.45, 7) is 4.20. The van der Waals surface area contributed by atoms with E-state index < -0.39 is 0 Å². The van der Waals surface area contributed by atoms with Crippen molar-refractivity contribution in [2.45, 2.75) is 58.4 Å². The van der Waals surface area contributed by atoms with Crippen molar-refractivity contribution in [3.05, 3.63) is 27.7 Å². The van der Waals surface area contributed by atoms with Gasteiger partial charge in [0.15, 0.2) is 0 Å². The van der Waals surface area contributed by atoms with Gasteiger partial charge >= 0.3 is 0 Å². The largest absolute Gasteiger partial charge is 0.496 e. The molecule has 4 heteroatoms. The maximum Gasteiger partial charge on any atom is 0.255 e. The lowest BCUT2D eigenvalue weighted by molar-refractivity contribution is -0.0688. The summed E-state index contributed by atoms with van der Waals surface area (Å²) in [5, 5.41) is 3.34. The van der Waals surface area contributed by atoms with E-state index >= 15 is 0 Å². The van der Waals surface area contributed by atoms with Crippen molar-refractivity contribution in [2.24, 2.45) is 23.2 Å². The Morgan fingerprint density at radius 2 is 1.76 bits per heavy atom. The van der Waals surface area contributed by atoms with Crippen LogP contribution in [0.1, 0.15) is 61.4 Å². The van der Waals surface area contributed by atoms with Crippen LogP contribution in [0.25, 0.3) is 0 Å². The third-order valence-electron chi connectivity index (χ3n) is 7.04. The van der Waals surface area contributed by atoms with E-state index in [9.17, 15) is 4.79 Å². The Balaban J connectivity index is 1.55. The zero-order valence-corrected chi connectivity index (χ0v) is 17.0. The van der Waals surface area contributed by atoms with Gasteiger partial charge in [-0.2, -0.15) is 0 Å². The molecular weight excluding hydrogens is 378 g/mol. The number of rotatable bonds is 4. The molecule has 0 aromatic heterocycles. The highest BCUT2D eigenvalue weighted by molar-refractivity contribution is 9.10. The van der Waals surface area contributed by atoms with Crippen molar-refractivity contribution < 1.29 is 9.53 Å². The average molecular weight is 406 g/mol. The maximum atomic E-state index is 13.0. The lowest BCUT2D eigenvalue weighted by Gasteiger charge is -2.59. The van der Waals surface area contributed by atoms with E-state index in [1.807, 2.05) is 19.1 Å². The first kappa shape index (κ1) is 17.4. The van der Waals surface area contributed by atoms with Crippen molar-refractivity contribution in [3.63, 3.8) is 0 Å². The first-order valence-corrected chi connectivity index (χ1v) is 10.3. The highest BCUT2D eigenvalue weighted by Gasteiger charge is 2.53. The number of amides is 1. The molecular formula is C21H28BrNO2. The van der Waals surface area contributed by atoms with Crippen molar-refractivity contribution in [3.8, 4) is 5.75 Å². The van der Waals surface area contributed by atoms with Crippen molar-refractivity contribution >= 4 is 21.8 Å². The minimum absolute atomic E-state index is 0.00973. The van der Waals surface area contributed by atoms with E-state index in [-0.39, 0.29) is 11.9 Å². The average Bonchev–Trinajstić information content (AvgIpc) is 2.52. The van der Waals surface area contributed by atoms with Crippen molar-refractivity contribution in [1.29, 1.82) is 0 Å². The minimum atomic E-state index is -0.00973. The molecule has 1 N–H and O–H groups in total. The molecule has 0 spiro atoms. The van der Waals surface area contributed by atoms with Crippen LogP contribution in [-0.4, -0.2) is 19.1 Å². The SMILES string of the molecule is COc1c(C)cc(Br)cc1C(=O)N[C@@H](C)C12CC3CC(CC(C3)C1)C2. The Morgan fingerprint density at radius 3 is 2.28 bits per heavy atom. The van der Waals surface area contributed by atoms with Crippen LogP contribution >= 0.6 is 15.9 Å². The lowest BCUT2D eigenvalue weighted by Crippen LogP contribution is -2.55. The van der Waals surface area contributed by atoms with Crippen molar-refractivity contribution in [2.75, 3.05) is 7.11 Å². The fourth-order valence-corrected chi connectivity index (χ4v) is 6.88. The molecule has 25 heavy (non-hydrogen) atoms. The predicted octanol–water partition coefficient (Wildman–Crippen LogP) is 5.10. The fourth-order valence-electron chi connectivity index (χ4n) is 6.30. The monoisotopic (exact) mass is 405 g/mol. The Morgan fingerprint density at radius 1 is 1.20 bits per heavy atom. The molecule has 0 saturated heterocycles. The Hall–Kier alpha value is -1.03. The first-order chi connectivity index (χ1) is 11.9. The molecule has 136 valence electrons. The number of methoxy groups -OCH3 is 1. The number of ether oxygens (including phenoxy) is 1. The van der Waals surface area contributed by atoms with Crippen LogP contribution in [0.5, 0.6) is 5.75 Å². The number of hydrogen-bond acceptors (Lipinski definition) is 2. The third kappa shape index (κ3) is 3.01. The van der Waals surface area contributed by atoms with E-state index in [4.69, 9.17) is 4.74 Å². The van der Waals surface area contributed by atoms with E-state index in [2.05, 4.69) is 28.2 Å². The van der Waals surface area contributed by atoms with Gasteiger partial charge in [-0.25, -0.2) is 0 Å². The van der Waals surface area contributed by atoms with Gasteiger partial charge in [0.2, 0.25) is 0 Å². The summed E-state index contributed by atoms with van der Waals surface area (Å²) < 4.78 is 6.42. The lowest BCUT2D eigenvalue weighted by atomic mass is 9.48. The van der Waals surface area contributed by atoms with Crippen LogP contribution in [-0.2, 0) is 0 Å². The Labute approximate surface area is 159 Å². The van der Waals surface area contributed by atoms with Gasteiger partial charge < -0.3 is 10.1 Å². The normalized spacial score (nSPS) is 34.0. The molecule has 4 fully saturated rings. The molecule has 5 rings (SSSR count). The molecule has 3 nitrogen and oxygen atoms in total. The number of halogens is 1. The first-order valence-electron chi connectivity index (χ1n) is 9.55. The van der Waals surface area contributed by atoms with Gasteiger partial charge in [-0.1, -0.05) is 15.9 Å². The molecule has 0 radical (unpaired) electrons. The summed E-state index contributed by atoms with van der Waals surface area (Å²) in [6, 6.07) is 4.07. The van der Waals surface area contributed by atoms with Gasteiger partial charge in [0.25, 0.3) is 5.91 Å². The van der Waals surface area contributed by atoms with Gasteiger partial charge in [-0.05, 0) is 93.2 Å². The topological polar surface area (TPSA) is 38.3 Å². The molecule has 0 unspecified atom stereocenters. The minimum Gasteiger partial charge on any atom is -0.496 e. The predicted molar refractivity (Wildman–Crippen MR) is 103 cm³/mol. The highest BCUT2D eigenvalue weighted by Crippen LogP contribution is 2.61. The smallest absolute Gasteiger partial charge is 0.255 e. The molecule has 1 aromatic rings. The number of carbonyl (C=O) groups is 1. The quantitative estimate of drug-likeness (QED) is 0.756. The second-order valence-corrected chi connectivity index (χ2v) is 9.69. The third-order valence-corrected chi connectivity index (χ3v) is 7.50. The second-order valence-electron chi connectivity index (χ2n) is 8.78. The van der Waals surface area contributed by atoms with Crippen LogP contribution in [0, 0.1) is 30.1 Å². The summed E-state index contributed by atoms with van der Waals surface area (Å²) in [5.74, 6) is 3.36. The molecule has 4 aliphatic rings. The molecule has 4 aliphatic carbocycles. The molecule has 1 amide bonds. The second kappa shape index (κ2) is 6.29. The van der Waals surface area contributed by atoms with Gasteiger partial charge in [-0.15, -0.1) is 0 Å². The number of nitrogens with one attached hydrogen (secondary N) is 1. The summed E-state index contributed by atoms with van der Waals surface area (Å²) >= 11 is 3.51. The summed E-state index contributed by atoms with van der Waals surface area (Å²) in [4.78, 5) is 13.0. The molecule has 0 aliphatic heterocycles. The van der Waals surface area contributed by atoms with E-state index in [1.54, 1.807) is 7.11 Å². The van der Waals surface area contributed by atoms with Crippen LogP contribution in [0.15, 0.2) is 16.6 Å². The molecule has 1 atom stereocenters. The molecule has 0 heterocycles. The summed E-state index contributed by atoms with van der Waals surface area (Å²) in [6.07, 6.45) is 8.19. The number of hydrogen-bond donors (Lipinski definition) is 1.